The number of hydrogen-bond donors (Lipinski definition) is 0. The third kappa shape index (κ3) is 2.72. The monoisotopic (exact) mass is 270 g/mol. The molecule has 0 saturated heterocycles. The van der Waals surface area contributed by atoms with E-state index in [1.54, 1.807) is 17.5 Å². The Morgan fingerprint density at radius 2 is 1.86 bits per heavy atom. The molecular formula is C11H11BrOS. The van der Waals surface area contributed by atoms with Crippen LogP contribution in [0.25, 0.3) is 0 Å². The Bertz CT molecular complexity index is 349. The molecule has 0 saturated carbocycles. The van der Waals surface area contributed by atoms with Gasteiger partial charge in [-0.3, -0.25) is 4.79 Å². The predicted molar refractivity (Wildman–Crippen MR) is 66.5 cm³/mol. The zero-order chi connectivity index (χ0) is 10.8. The van der Waals surface area contributed by atoms with Crippen LogP contribution >= 0.6 is 28.1 Å². The van der Waals surface area contributed by atoms with E-state index in [0.29, 0.717) is 5.56 Å². The number of rotatable bonds is 3. The molecule has 0 spiro atoms. The third-order valence-corrected chi connectivity index (χ3v) is 2.48. The molecule has 0 unspecified atom stereocenters. The smallest absolute Gasteiger partial charge is 0.178 e. The van der Waals surface area contributed by atoms with E-state index in [-0.39, 0.29) is 5.78 Å². The standard InChI is InChI=1S/C11H11BrOS/c1-11(2,12)10(13)9-5-3-8(7-14)4-6-9/h3-7H,1-2H3. The molecule has 0 aliphatic carbocycles. The first kappa shape index (κ1) is 11.5. The number of alkyl halides is 1. The van der Waals surface area contributed by atoms with Crippen LogP contribution in [-0.4, -0.2) is 15.5 Å². The van der Waals surface area contributed by atoms with E-state index in [0.717, 1.165) is 5.56 Å². The lowest BCUT2D eigenvalue weighted by Gasteiger charge is -2.14. The zero-order valence-electron chi connectivity index (χ0n) is 8.08. The maximum Gasteiger partial charge on any atom is 0.178 e. The summed E-state index contributed by atoms with van der Waals surface area (Å²) in [5.41, 5.74) is 1.65. The molecule has 1 aromatic rings. The number of carbonyl (C=O) groups excluding carboxylic acids is 1. The van der Waals surface area contributed by atoms with Gasteiger partial charge in [-0.15, -0.1) is 0 Å². The SMILES string of the molecule is CC(C)(Br)C(=O)c1ccc(C=S)cc1. The summed E-state index contributed by atoms with van der Waals surface area (Å²) in [5.74, 6) is 0.0772. The Hall–Kier alpha value is -0.540. The highest BCUT2D eigenvalue weighted by atomic mass is 79.9. The number of halogens is 1. The van der Waals surface area contributed by atoms with E-state index in [1.165, 1.54) is 0 Å². The molecule has 0 amide bonds. The fraction of sp³-hybridized carbons (Fsp3) is 0.273. The van der Waals surface area contributed by atoms with Crippen LogP contribution in [-0.2, 0) is 0 Å². The van der Waals surface area contributed by atoms with Gasteiger partial charge in [-0.2, -0.15) is 0 Å². The minimum Gasteiger partial charge on any atom is -0.293 e. The Labute approximate surface area is 97.6 Å². The van der Waals surface area contributed by atoms with Crippen LogP contribution in [0.15, 0.2) is 24.3 Å². The lowest BCUT2D eigenvalue weighted by Crippen LogP contribution is -2.23. The Morgan fingerprint density at radius 1 is 1.36 bits per heavy atom. The summed E-state index contributed by atoms with van der Waals surface area (Å²) in [6, 6.07) is 7.28. The van der Waals surface area contributed by atoms with Crippen molar-refractivity contribution in [2.75, 3.05) is 0 Å². The maximum atomic E-state index is 11.8. The second-order valence-corrected chi connectivity index (χ2v) is 5.76. The largest absolute Gasteiger partial charge is 0.293 e. The number of Topliss-reactive ketones (excluding diaryl/α,β-unsaturated/α-hetero) is 1. The van der Waals surface area contributed by atoms with Crippen molar-refractivity contribution in [3.05, 3.63) is 35.4 Å². The molecule has 0 fully saturated rings. The number of ketones is 1. The zero-order valence-corrected chi connectivity index (χ0v) is 10.5. The van der Waals surface area contributed by atoms with E-state index in [9.17, 15) is 4.79 Å². The van der Waals surface area contributed by atoms with Crippen molar-refractivity contribution in [2.45, 2.75) is 18.2 Å². The van der Waals surface area contributed by atoms with Gasteiger partial charge in [-0.25, -0.2) is 0 Å². The van der Waals surface area contributed by atoms with Gasteiger partial charge in [-0.1, -0.05) is 52.4 Å². The van der Waals surface area contributed by atoms with Gasteiger partial charge in [0.1, 0.15) is 0 Å². The van der Waals surface area contributed by atoms with Crippen LogP contribution in [0.1, 0.15) is 29.8 Å². The lowest BCUT2D eigenvalue weighted by molar-refractivity contribution is 0.0961. The Balaban J connectivity index is 2.98. The molecule has 0 aliphatic heterocycles. The highest BCUT2D eigenvalue weighted by Crippen LogP contribution is 2.22. The van der Waals surface area contributed by atoms with Crippen molar-refractivity contribution in [2.24, 2.45) is 0 Å². The second kappa shape index (κ2) is 4.32. The van der Waals surface area contributed by atoms with Crippen LogP contribution in [0.5, 0.6) is 0 Å². The molecule has 0 radical (unpaired) electrons. The first-order chi connectivity index (χ1) is 6.45. The molecule has 1 rings (SSSR count). The fourth-order valence-corrected chi connectivity index (χ4v) is 1.44. The summed E-state index contributed by atoms with van der Waals surface area (Å²) >= 11 is 8.12. The van der Waals surface area contributed by atoms with Gasteiger partial charge in [0.25, 0.3) is 0 Å². The molecule has 0 bridgehead atoms. The first-order valence-corrected chi connectivity index (χ1v) is 5.50. The number of hydrogen-bond acceptors (Lipinski definition) is 2. The van der Waals surface area contributed by atoms with Crippen molar-refractivity contribution < 1.29 is 4.79 Å². The quantitative estimate of drug-likeness (QED) is 0.476. The topological polar surface area (TPSA) is 17.1 Å². The van der Waals surface area contributed by atoms with Crippen LogP contribution in [0, 0.1) is 0 Å². The number of thiocarbonyl (C=S) groups is 1. The van der Waals surface area contributed by atoms with Crippen molar-refractivity contribution in [3.8, 4) is 0 Å². The molecule has 1 aromatic carbocycles. The molecular weight excluding hydrogens is 260 g/mol. The average Bonchev–Trinajstić information content (AvgIpc) is 2.15. The molecule has 1 nitrogen and oxygen atoms in total. The second-order valence-electron chi connectivity index (χ2n) is 3.54. The van der Waals surface area contributed by atoms with Crippen molar-refractivity contribution >= 4 is 39.3 Å². The summed E-state index contributed by atoms with van der Waals surface area (Å²) in [6.07, 6.45) is 0. The van der Waals surface area contributed by atoms with E-state index >= 15 is 0 Å². The molecule has 14 heavy (non-hydrogen) atoms. The van der Waals surface area contributed by atoms with Crippen LogP contribution in [0.4, 0.5) is 0 Å². The molecule has 0 atom stereocenters. The minimum absolute atomic E-state index is 0.0772. The summed E-state index contributed by atoms with van der Waals surface area (Å²) in [4.78, 5) is 11.8. The summed E-state index contributed by atoms with van der Waals surface area (Å²) in [5, 5.41) is 1.59. The van der Waals surface area contributed by atoms with Crippen LogP contribution in [0.2, 0.25) is 0 Å². The van der Waals surface area contributed by atoms with E-state index in [1.807, 2.05) is 26.0 Å². The maximum absolute atomic E-state index is 11.8. The molecule has 0 aromatic heterocycles. The van der Waals surface area contributed by atoms with E-state index in [2.05, 4.69) is 15.9 Å². The van der Waals surface area contributed by atoms with Gasteiger partial charge in [-0.05, 0) is 19.4 Å². The molecule has 0 N–H and O–H groups in total. The van der Waals surface area contributed by atoms with Gasteiger partial charge >= 0.3 is 0 Å². The predicted octanol–water partition coefficient (Wildman–Crippen LogP) is 3.39. The van der Waals surface area contributed by atoms with E-state index in [4.69, 9.17) is 12.2 Å². The summed E-state index contributed by atoms with van der Waals surface area (Å²) < 4.78 is -0.508. The number of carbonyl (C=O) groups is 1. The number of benzene rings is 1. The van der Waals surface area contributed by atoms with Crippen LogP contribution < -0.4 is 0 Å². The average molecular weight is 271 g/mol. The third-order valence-electron chi connectivity index (χ3n) is 1.85. The highest BCUT2D eigenvalue weighted by molar-refractivity contribution is 9.10. The molecule has 74 valence electrons. The molecule has 0 aliphatic rings. The summed E-state index contributed by atoms with van der Waals surface area (Å²) in [7, 11) is 0. The highest BCUT2D eigenvalue weighted by Gasteiger charge is 2.24. The lowest BCUT2D eigenvalue weighted by atomic mass is 10.0. The molecule has 3 heteroatoms. The fourth-order valence-electron chi connectivity index (χ4n) is 1.06. The van der Waals surface area contributed by atoms with Gasteiger partial charge in [0, 0.05) is 10.9 Å². The van der Waals surface area contributed by atoms with Gasteiger partial charge in [0.2, 0.25) is 0 Å². The molecule has 0 heterocycles. The van der Waals surface area contributed by atoms with Crippen molar-refractivity contribution in [1.29, 1.82) is 0 Å². The Kier molecular flexibility index (Phi) is 3.56. The van der Waals surface area contributed by atoms with E-state index < -0.39 is 4.32 Å². The van der Waals surface area contributed by atoms with Gasteiger partial charge in [0.05, 0.1) is 4.32 Å². The normalized spacial score (nSPS) is 11.1. The van der Waals surface area contributed by atoms with Crippen LogP contribution in [0.3, 0.4) is 0 Å². The first-order valence-electron chi connectivity index (χ1n) is 4.24. The minimum atomic E-state index is -0.508. The van der Waals surface area contributed by atoms with Crippen molar-refractivity contribution in [1.82, 2.24) is 0 Å². The van der Waals surface area contributed by atoms with Crippen molar-refractivity contribution in [3.63, 3.8) is 0 Å². The summed E-state index contributed by atoms with van der Waals surface area (Å²) in [6.45, 7) is 3.67. The Morgan fingerprint density at radius 3 is 2.21 bits per heavy atom. The van der Waals surface area contributed by atoms with Gasteiger partial charge < -0.3 is 0 Å². The van der Waals surface area contributed by atoms with Gasteiger partial charge in [0.15, 0.2) is 5.78 Å².